The van der Waals surface area contributed by atoms with Gasteiger partial charge in [-0.1, -0.05) is 0 Å². The minimum Gasteiger partial charge on any atom is -0.481 e. The number of thiophene rings is 1. The molecule has 1 amide bonds. The summed E-state index contributed by atoms with van der Waals surface area (Å²) in [6, 6.07) is 10.5. The van der Waals surface area contributed by atoms with Crippen molar-refractivity contribution in [1.29, 1.82) is 0 Å². The highest BCUT2D eigenvalue weighted by Gasteiger charge is 2.19. The highest BCUT2D eigenvalue weighted by atomic mass is 32.1. The van der Waals surface area contributed by atoms with Crippen molar-refractivity contribution in [2.24, 2.45) is 0 Å². The van der Waals surface area contributed by atoms with Crippen molar-refractivity contribution in [2.75, 3.05) is 50.3 Å². The van der Waals surface area contributed by atoms with Gasteiger partial charge in [-0.05, 0) is 35.2 Å². The Morgan fingerprint density at radius 3 is 2.58 bits per heavy atom. The minimum absolute atomic E-state index is 0.187. The molecule has 186 valence electrons. The van der Waals surface area contributed by atoms with Crippen molar-refractivity contribution in [2.45, 2.75) is 6.54 Å². The van der Waals surface area contributed by atoms with Crippen LogP contribution in [0.4, 0.5) is 11.6 Å². The number of hydrogen-bond acceptors (Lipinski definition) is 10. The Labute approximate surface area is 212 Å². The molecule has 0 radical (unpaired) electrons. The van der Waals surface area contributed by atoms with Crippen molar-refractivity contribution >= 4 is 39.0 Å². The van der Waals surface area contributed by atoms with Crippen molar-refractivity contribution in [3.63, 3.8) is 0 Å². The summed E-state index contributed by atoms with van der Waals surface area (Å²) in [4.78, 5) is 29.9. The van der Waals surface area contributed by atoms with E-state index in [4.69, 9.17) is 14.7 Å². The molecular weight excluding hydrogens is 480 g/mol. The van der Waals surface area contributed by atoms with E-state index in [0.29, 0.717) is 31.6 Å². The van der Waals surface area contributed by atoms with Crippen LogP contribution in [-0.4, -0.2) is 66.5 Å². The Hall–Kier alpha value is -3.80. The number of nitrogens with one attached hydrogen (secondary N) is 1. The zero-order valence-electron chi connectivity index (χ0n) is 20.0. The third kappa shape index (κ3) is 4.94. The number of anilines is 2. The molecule has 0 spiro atoms. The monoisotopic (exact) mass is 506 g/mol. The van der Waals surface area contributed by atoms with Gasteiger partial charge in [-0.3, -0.25) is 10.0 Å². The summed E-state index contributed by atoms with van der Waals surface area (Å²) in [5, 5.41) is 9.94. The number of hydrogen-bond donors (Lipinski definition) is 2. The van der Waals surface area contributed by atoms with E-state index in [0.717, 1.165) is 34.5 Å². The van der Waals surface area contributed by atoms with Gasteiger partial charge < -0.3 is 19.3 Å². The number of ether oxygens (including phenoxy) is 2. The van der Waals surface area contributed by atoms with Crippen LogP contribution in [-0.2, 0) is 11.3 Å². The first-order valence-electron chi connectivity index (χ1n) is 11.4. The lowest BCUT2D eigenvalue weighted by Crippen LogP contribution is -2.36. The van der Waals surface area contributed by atoms with Crippen molar-refractivity contribution in [3.05, 3.63) is 59.4 Å². The molecule has 3 aromatic heterocycles. The Morgan fingerprint density at radius 1 is 1.14 bits per heavy atom. The Balaban J connectivity index is 1.47. The Morgan fingerprint density at radius 2 is 1.92 bits per heavy atom. The first-order chi connectivity index (χ1) is 17.6. The summed E-state index contributed by atoms with van der Waals surface area (Å²) in [5.41, 5.74) is 5.08. The average Bonchev–Trinajstić information content (AvgIpc) is 3.35. The fourth-order valence-electron chi connectivity index (χ4n) is 4.15. The Kier molecular flexibility index (Phi) is 6.94. The van der Waals surface area contributed by atoms with E-state index in [9.17, 15) is 4.79 Å². The van der Waals surface area contributed by atoms with Crippen LogP contribution in [0.15, 0.2) is 48.9 Å². The molecule has 1 aliphatic heterocycles. The van der Waals surface area contributed by atoms with Crippen LogP contribution in [0, 0.1) is 0 Å². The molecule has 4 heterocycles. The third-order valence-electron chi connectivity index (χ3n) is 6.01. The zero-order chi connectivity index (χ0) is 25.1. The lowest BCUT2D eigenvalue weighted by Gasteiger charge is -2.29. The summed E-state index contributed by atoms with van der Waals surface area (Å²) in [7, 11) is 3.52. The van der Waals surface area contributed by atoms with Gasteiger partial charge in [0.1, 0.15) is 0 Å². The molecule has 0 bridgehead atoms. The summed E-state index contributed by atoms with van der Waals surface area (Å²) < 4.78 is 12.0. The SMILES string of the molecule is COc1ccc(-c2cc(N3CCOCC3)c3sc(CN(C)c4ncc(C(=O)NO)cn4)cc3c2)cn1. The molecule has 0 atom stereocenters. The van der Waals surface area contributed by atoms with E-state index in [1.165, 1.54) is 22.8 Å². The number of carbonyl (C=O) groups excluding carboxylic acids is 1. The molecule has 1 aliphatic rings. The van der Waals surface area contributed by atoms with Gasteiger partial charge in [-0.2, -0.15) is 0 Å². The van der Waals surface area contributed by atoms with E-state index in [2.05, 4.69) is 38.1 Å². The van der Waals surface area contributed by atoms with Gasteiger partial charge in [-0.15, -0.1) is 11.3 Å². The van der Waals surface area contributed by atoms with Crippen LogP contribution in [0.3, 0.4) is 0 Å². The van der Waals surface area contributed by atoms with Crippen LogP contribution in [0.5, 0.6) is 5.88 Å². The number of fused-ring (bicyclic) bond motifs is 1. The summed E-state index contributed by atoms with van der Waals surface area (Å²) in [6.45, 7) is 3.70. The van der Waals surface area contributed by atoms with Crippen LogP contribution in [0.25, 0.3) is 21.2 Å². The number of nitrogens with zero attached hydrogens (tertiary/aromatic N) is 5. The van der Waals surface area contributed by atoms with E-state index in [1.54, 1.807) is 23.9 Å². The number of methoxy groups -OCH3 is 1. The molecule has 1 aromatic carbocycles. The number of amides is 1. The molecule has 5 rings (SSSR count). The average molecular weight is 507 g/mol. The molecule has 4 aromatic rings. The normalized spacial score (nSPS) is 13.6. The fraction of sp³-hybridized carbons (Fsp3) is 0.280. The van der Waals surface area contributed by atoms with Gasteiger partial charge in [-0.25, -0.2) is 20.4 Å². The molecule has 36 heavy (non-hydrogen) atoms. The number of rotatable bonds is 7. The number of carbonyl (C=O) groups is 1. The molecule has 0 saturated carbocycles. The first-order valence-corrected chi connectivity index (χ1v) is 12.2. The number of pyridine rings is 1. The third-order valence-corrected chi connectivity index (χ3v) is 7.17. The predicted molar refractivity (Wildman–Crippen MR) is 138 cm³/mol. The fourth-order valence-corrected chi connectivity index (χ4v) is 5.38. The van der Waals surface area contributed by atoms with Crippen LogP contribution < -0.4 is 20.0 Å². The van der Waals surface area contributed by atoms with Gasteiger partial charge >= 0.3 is 0 Å². The standard InChI is InChI=1S/C25H26N6O4S/c1-30(25-27-13-19(14-28-25)24(32)29-33)15-20-10-18-9-17(16-3-4-22(34-2)26-12-16)11-21(23(18)36-20)31-5-7-35-8-6-31/h3-4,9-14,33H,5-8,15H2,1-2H3,(H,29,32). The van der Waals surface area contributed by atoms with Gasteiger partial charge in [0, 0.05) is 55.2 Å². The largest absolute Gasteiger partial charge is 0.481 e. The van der Waals surface area contributed by atoms with Crippen molar-refractivity contribution in [3.8, 4) is 17.0 Å². The second kappa shape index (κ2) is 10.4. The summed E-state index contributed by atoms with van der Waals surface area (Å²) in [5.74, 6) is 0.425. The predicted octanol–water partition coefficient (Wildman–Crippen LogP) is 3.35. The zero-order valence-corrected chi connectivity index (χ0v) is 20.8. The minimum atomic E-state index is -0.646. The van der Waals surface area contributed by atoms with Crippen LogP contribution >= 0.6 is 11.3 Å². The second-order valence-corrected chi connectivity index (χ2v) is 9.52. The van der Waals surface area contributed by atoms with E-state index in [-0.39, 0.29) is 5.56 Å². The van der Waals surface area contributed by atoms with E-state index >= 15 is 0 Å². The lowest BCUT2D eigenvalue weighted by molar-refractivity contribution is 0.0705. The molecule has 1 saturated heterocycles. The highest BCUT2D eigenvalue weighted by molar-refractivity contribution is 7.19. The van der Waals surface area contributed by atoms with Crippen molar-refractivity contribution in [1.82, 2.24) is 20.4 Å². The Bertz CT molecular complexity index is 1350. The van der Waals surface area contributed by atoms with Gasteiger partial charge in [0.05, 0.1) is 42.8 Å². The molecule has 10 nitrogen and oxygen atoms in total. The van der Waals surface area contributed by atoms with E-state index in [1.807, 2.05) is 30.3 Å². The topological polar surface area (TPSA) is 113 Å². The smallest absolute Gasteiger partial charge is 0.277 e. The van der Waals surface area contributed by atoms with Gasteiger partial charge in [0.25, 0.3) is 5.91 Å². The van der Waals surface area contributed by atoms with Gasteiger partial charge in [0.15, 0.2) is 0 Å². The summed E-state index contributed by atoms with van der Waals surface area (Å²) in [6.07, 6.45) is 4.62. The highest BCUT2D eigenvalue weighted by Crippen LogP contribution is 2.39. The molecule has 0 aliphatic carbocycles. The number of hydroxylamine groups is 1. The molecule has 11 heteroatoms. The van der Waals surface area contributed by atoms with Crippen LogP contribution in [0.2, 0.25) is 0 Å². The number of morpholine rings is 1. The molecule has 0 unspecified atom stereocenters. The van der Waals surface area contributed by atoms with Crippen molar-refractivity contribution < 1.29 is 19.5 Å². The van der Waals surface area contributed by atoms with Gasteiger partial charge in [0.2, 0.25) is 11.8 Å². The number of benzene rings is 1. The first kappa shape index (κ1) is 23.9. The second-order valence-electron chi connectivity index (χ2n) is 8.38. The van der Waals surface area contributed by atoms with Crippen LogP contribution in [0.1, 0.15) is 15.2 Å². The summed E-state index contributed by atoms with van der Waals surface area (Å²) >= 11 is 1.75. The molecule has 2 N–H and O–H groups in total. The quantitative estimate of drug-likeness (QED) is 0.288. The maximum atomic E-state index is 11.5. The molecule has 1 fully saturated rings. The lowest BCUT2D eigenvalue weighted by atomic mass is 10.0. The number of aromatic nitrogens is 3. The maximum absolute atomic E-state index is 11.5. The van der Waals surface area contributed by atoms with E-state index < -0.39 is 5.91 Å². The molecular formula is C25H26N6O4S. The maximum Gasteiger partial charge on any atom is 0.277 e.